The molecule has 0 bridgehead atoms. The Balaban J connectivity index is 0.000000810. The Morgan fingerprint density at radius 1 is 1.50 bits per heavy atom. The molecule has 0 aromatic carbocycles. The second-order valence-electron chi connectivity index (χ2n) is 2.26. The van der Waals surface area contributed by atoms with Gasteiger partial charge < -0.3 is 10.2 Å². The van der Waals surface area contributed by atoms with Gasteiger partial charge >= 0.3 is 0 Å². The van der Waals surface area contributed by atoms with E-state index in [1.807, 2.05) is 20.3 Å². The lowest BCUT2D eigenvalue weighted by molar-refractivity contribution is 0.523. The first-order valence-corrected chi connectivity index (χ1v) is 3.08. The van der Waals surface area contributed by atoms with Crippen LogP contribution in [0.5, 0.6) is 0 Å². The number of nitrogens with zero attached hydrogens (tertiary/aromatic N) is 1. The summed E-state index contributed by atoms with van der Waals surface area (Å²) >= 11 is 0. The molecule has 0 atom stereocenters. The Kier molecular flexibility index (Phi) is 4.19. The molecule has 1 rings (SSSR count). The van der Waals surface area contributed by atoms with E-state index in [0.29, 0.717) is 0 Å². The molecule has 0 radical (unpaired) electrons. The molecular weight excluding hydrogens is 192 g/mol. The van der Waals surface area contributed by atoms with E-state index in [0.717, 1.165) is 6.54 Å². The van der Waals surface area contributed by atoms with Crippen LogP contribution in [0.15, 0.2) is 24.0 Å². The van der Waals surface area contributed by atoms with Gasteiger partial charge in [0.05, 0.1) is 0 Å². The number of allylic oxidation sites excluding steroid dienone is 1. The summed E-state index contributed by atoms with van der Waals surface area (Å²) in [7, 11) is 4.09. The summed E-state index contributed by atoms with van der Waals surface area (Å²) in [5.74, 6) is 0. The van der Waals surface area contributed by atoms with Crippen LogP contribution in [0.4, 0.5) is 0 Å². The summed E-state index contributed by atoms with van der Waals surface area (Å²) in [4.78, 5) is 2.09. The molecule has 1 heterocycles. The molecule has 3 heteroatoms. The number of halogens is 1. The van der Waals surface area contributed by atoms with Gasteiger partial charge in [0.15, 0.2) is 0 Å². The van der Waals surface area contributed by atoms with E-state index >= 15 is 0 Å². The summed E-state index contributed by atoms with van der Waals surface area (Å²) in [5, 5.41) is 3.09. The summed E-state index contributed by atoms with van der Waals surface area (Å²) in [6, 6.07) is 0. The van der Waals surface area contributed by atoms with Crippen LogP contribution >= 0.6 is 17.0 Å². The van der Waals surface area contributed by atoms with E-state index in [-0.39, 0.29) is 17.0 Å². The third-order valence-corrected chi connectivity index (χ3v) is 1.32. The SMILES string of the molecule is Br.CN(C)C1=CCNC=C1. The number of rotatable bonds is 1. The summed E-state index contributed by atoms with van der Waals surface area (Å²) in [5.41, 5.74) is 1.27. The van der Waals surface area contributed by atoms with Crippen LogP contribution in [0.2, 0.25) is 0 Å². The second kappa shape index (κ2) is 4.39. The van der Waals surface area contributed by atoms with E-state index in [1.165, 1.54) is 5.70 Å². The van der Waals surface area contributed by atoms with Crippen LogP contribution in [-0.2, 0) is 0 Å². The molecule has 10 heavy (non-hydrogen) atoms. The Bertz CT molecular complexity index is 150. The minimum atomic E-state index is 0. The number of hydrogen-bond donors (Lipinski definition) is 1. The number of nitrogens with one attached hydrogen (secondary N) is 1. The molecule has 0 aliphatic carbocycles. The van der Waals surface area contributed by atoms with Crippen molar-refractivity contribution in [1.82, 2.24) is 10.2 Å². The van der Waals surface area contributed by atoms with Crippen molar-refractivity contribution in [3.8, 4) is 0 Å². The molecule has 0 unspecified atom stereocenters. The fraction of sp³-hybridized carbons (Fsp3) is 0.429. The van der Waals surface area contributed by atoms with Crippen LogP contribution in [0.1, 0.15) is 0 Å². The van der Waals surface area contributed by atoms with Crippen LogP contribution < -0.4 is 5.32 Å². The van der Waals surface area contributed by atoms with Gasteiger partial charge in [-0.05, 0) is 18.4 Å². The molecule has 0 saturated heterocycles. The van der Waals surface area contributed by atoms with E-state index < -0.39 is 0 Å². The number of dihydropyridines is 1. The molecule has 0 aromatic rings. The molecule has 2 nitrogen and oxygen atoms in total. The lowest BCUT2D eigenvalue weighted by Crippen LogP contribution is -2.16. The molecule has 0 aromatic heterocycles. The third kappa shape index (κ3) is 2.43. The van der Waals surface area contributed by atoms with Crippen LogP contribution in [-0.4, -0.2) is 25.5 Å². The molecule has 0 amide bonds. The first-order chi connectivity index (χ1) is 4.30. The predicted octanol–water partition coefficient (Wildman–Crippen LogP) is 1.13. The molecule has 58 valence electrons. The van der Waals surface area contributed by atoms with Gasteiger partial charge in [0.1, 0.15) is 0 Å². The third-order valence-electron chi connectivity index (χ3n) is 1.32. The van der Waals surface area contributed by atoms with Crippen molar-refractivity contribution in [3.63, 3.8) is 0 Å². The fourth-order valence-electron chi connectivity index (χ4n) is 0.776. The van der Waals surface area contributed by atoms with Gasteiger partial charge in [-0.15, -0.1) is 17.0 Å². The van der Waals surface area contributed by atoms with Gasteiger partial charge in [-0.2, -0.15) is 0 Å². The van der Waals surface area contributed by atoms with Crippen molar-refractivity contribution in [2.24, 2.45) is 0 Å². The van der Waals surface area contributed by atoms with Gasteiger partial charge in [-0.25, -0.2) is 0 Å². The normalized spacial score (nSPS) is 14.8. The van der Waals surface area contributed by atoms with Crippen molar-refractivity contribution in [2.75, 3.05) is 20.6 Å². The standard InChI is InChI=1S/C7H12N2.BrH/c1-9(2)7-3-5-8-6-4-7;/h3-5,8H,6H2,1-2H3;1H. The van der Waals surface area contributed by atoms with Crippen molar-refractivity contribution in [2.45, 2.75) is 0 Å². The maximum Gasteiger partial charge on any atom is 0.0352 e. The average Bonchev–Trinajstić information content (AvgIpc) is 1.90. The van der Waals surface area contributed by atoms with Gasteiger partial charge in [0, 0.05) is 26.3 Å². The largest absolute Gasteiger partial charge is 0.387 e. The minimum absolute atomic E-state index is 0. The second-order valence-corrected chi connectivity index (χ2v) is 2.26. The molecule has 1 N–H and O–H groups in total. The molecule has 0 spiro atoms. The average molecular weight is 205 g/mol. The summed E-state index contributed by atoms with van der Waals surface area (Å²) < 4.78 is 0. The highest BCUT2D eigenvalue weighted by Gasteiger charge is 1.95. The zero-order chi connectivity index (χ0) is 6.69. The first kappa shape index (κ1) is 9.56. The maximum absolute atomic E-state index is 3.09. The molecule has 1 aliphatic heterocycles. The van der Waals surface area contributed by atoms with Crippen molar-refractivity contribution >= 4 is 17.0 Å². The van der Waals surface area contributed by atoms with Gasteiger partial charge in [-0.1, -0.05) is 0 Å². The monoisotopic (exact) mass is 204 g/mol. The molecular formula is C7H13BrN2. The van der Waals surface area contributed by atoms with Crippen LogP contribution in [0, 0.1) is 0 Å². The van der Waals surface area contributed by atoms with Gasteiger partial charge in [-0.3, -0.25) is 0 Å². The minimum Gasteiger partial charge on any atom is -0.387 e. The number of hydrogen-bond acceptors (Lipinski definition) is 2. The fourth-order valence-corrected chi connectivity index (χ4v) is 0.776. The van der Waals surface area contributed by atoms with Gasteiger partial charge in [0.2, 0.25) is 0 Å². The van der Waals surface area contributed by atoms with Gasteiger partial charge in [0.25, 0.3) is 0 Å². The zero-order valence-electron chi connectivity index (χ0n) is 6.29. The van der Waals surface area contributed by atoms with E-state index in [9.17, 15) is 0 Å². The maximum atomic E-state index is 3.09. The Morgan fingerprint density at radius 3 is 2.50 bits per heavy atom. The smallest absolute Gasteiger partial charge is 0.0352 e. The quantitative estimate of drug-likeness (QED) is 0.690. The van der Waals surface area contributed by atoms with Crippen molar-refractivity contribution in [1.29, 1.82) is 0 Å². The van der Waals surface area contributed by atoms with E-state index in [4.69, 9.17) is 0 Å². The highest BCUT2D eigenvalue weighted by Crippen LogP contribution is 2.01. The lowest BCUT2D eigenvalue weighted by Gasteiger charge is -2.16. The van der Waals surface area contributed by atoms with Crippen LogP contribution in [0.3, 0.4) is 0 Å². The highest BCUT2D eigenvalue weighted by atomic mass is 79.9. The van der Waals surface area contributed by atoms with Crippen LogP contribution in [0.25, 0.3) is 0 Å². The molecule has 0 fully saturated rings. The Morgan fingerprint density at radius 2 is 2.20 bits per heavy atom. The predicted molar refractivity (Wildman–Crippen MR) is 49.2 cm³/mol. The topological polar surface area (TPSA) is 15.3 Å². The Labute approximate surface area is 72.4 Å². The first-order valence-electron chi connectivity index (χ1n) is 3.08. The highest BCUT2D eigenvalue weighted by molar-refractivity contribution is 8.93. The Hall–Kier alpha value is -0.440. The van der Waals surface area contributed by atoms with E-state index in [2.05, 4.69) is 22.4 Å². The number of likely N-dealkylation sites (N-methyl/N-ethyl adjacent to an activating group) is 1. The molecule has 0 saturated carbocycles. The van der Waals surface area contributed by atoms with E-state index in [1.54, 1.807) is 0 Å². The molecule has 1 aliphatic rings. The zero-order valence-corrected chi connectivity index (χ0v) is 8.01. The summed E-state index contributed by atoms with van der Waals surface area (Å²) in [6.07, 6.45) is 6.18. The van der Waals surface area contributed by atoms with Crippen molar-refractivity contribution in [3.05, 3.63) is 24.0 Å². The summed E-state index contributed by atoms with van der Waals surface area (Å²) in [6.45, 7) is 0.948. The van der Waals surface area contributed by atoms with Crippen molar-refractivity contribution < 1.29 is 0 Å². The lowest BCUT2D eigenvalue weighted by atomic mass is 10.3.